The number of nitrogens with one attached hydrogen (secondary N) is 2. The predicted octanol–water partition coefficient (Wildman–Crippen LogP) is 0.301. The minimum atomic E-state index is -0.288. The van der Waals surface area contributed by atoms with Gasteiger partial charge in [0.25, 0.3) is 11.5 Å². The van der Waals surface area contributed by atoms with Crippen molar-refractivity contribution in [3.05, 3.63) is 63.8 Å². The number of nitrogens with zero attached hydrogens (tertiary/aromatic N) is 3. The van der Waals surface area contributed by atoms with E-state index in [0.29, 0.717) is 23.9 Å². The summed E-state index contributed by atoms with van der Waals surface area (Å²) in [6.45, 7) is 4.86. The van der Waals surface area contributed by atoms with Crippen molar-refractivity contribution in [2.75, 3.05) is 6.54 Å². The Morgan fingerprint density at radius 1 is 1.26 bits per heavy atom. The first kappa shape index (κ1) is 22.7. The number of hydrogen-bond acceptors (Lipinski definition) is 6. The third-order valence-electron chi connectivity index (χ3n) is 7.15. The lowest BCUT2D eigenvalue weighted by atomic mass is 9.55. The smallest absolute Gasteiger partial charge is 0.270 e. The molecule has 0 radical (unpaired) electrons. The summed E-state index contributed by atoms with van der Waals surface area (Å²) in [6, 6.07) is 7.90. The Labute approximate surface area is 200 Å². The molecule has 1 saturated heterocycles. The zero-order chi connectivity index (χ0) is 24.0. The summed E-state index contributed by atoms with van der Waals surface area (Å²) >= 11 is 0. The van der Waals surface area contributed by atoms with Crippen LogP contribution in [-0.4, -0.2) is 66.2 Å². The van der Waals surface area contributed by atoms with Gasteiger partial charge >= 0.3 is 0 Å². The summed E-state index contributed by atoms with van der Waals surface area (Å²) in [5.74, 6) is 0.532. The maximum atomic E-state index is 12.3. The van der Waals surface area contributed by atoms with Crippen LogP contribution in [-0.2, 0) is 11.8 Å². The van der Waals surface area contributed by atoms with Crippen molar-refractivity contribution >= 4 is 32.6 Å². The molecule has 34 heavy (non-hydrogen) atoms. The van der Waals surface area contributed by atoms with Gasteiger partial charge in [0, 0.05) is 30.4 Å². The number of amides is 1. The predicted molar refractivity (Wildman–Crippen MR) is 136 cm³/mol. The SMILES string of the molecule is BC(B)(c1cnc2cc(CC)c(=O)[nH]c2c1)N1C[C@H](Oc2ccc(C(=O)NC3CC3)nc2)[C@H]1C. The van der Waals surface area contributed by atoms with Gasteiger partial charge in [-0.2, -0.15) is 0 Å². The number of hydrogen-bond donors (Lipinski definition) is 2. The Morgan fingerprint density at radius 3 is 2.71 bits per heavy atom. The van der Waals surface area contributed by atoms with Crippen molar-refractivity contribution in [2.24, 2.45) is 0 Å². The summed E-state index contributed by atoms with van der Waals surface area (Å²) in [4.78, 5) is 38.6. The largest absolute Gasteiger partial charge is 0.486 e. The van der Waals surface area contributed by atoms with E-state index in [4.69, 9.17) is 4.74 Å². The molecule has 174 valence electrons. The summed E-state index contributed by atoms with van der Waals surface area (Å²) < 4.78 is 6.16. The highest BCUT2D eigenvalue weighted by molar-refractivity contribution is 6.39. The number of rotatable bonds is 7. The average Bonchev–Trinajstić information content (AvgIpc) is 3.64. The molecule has 0 spiro atoms. The number of aromatic nitrogens is 3. The number of fused-ring (bicyclic) bond motifs is 1. The van der Waals surface area contributed by atoms with E-state index in [-0.39, 0.29) is 28.9 Å². The number of likely N-dealkylation sites (tertiary alicyclic amines) is 1. The standard InChI is InChI=1S/C24H29B2N5O3/c1-3-14-8-19-20(30-22(14)32)9-15(10-27-19)24(25,26)31-12-21(13(31)2)34-17-6-7-18(28-11-17)23(33)29-16-4-5-16/h6-11,13,16,21H,3-5,12,25-26H2,1-2H3,(H,29,33)(H,30,32)/t13-,21+/m1/s1. The molecule has 1 aliphatic heterocycles. The third-order valence-corrected chi connectivity index (χ3v) is 7.15. The van der Waals surface area contributed by atoms with Crippen LogP contribution in [0.4, 0.5) is 0 Å². The van der Waals surface area contributed by atoms with Gasteiger partial charge in [0.15, 0.2) is 0 Å². The lowest BCUT2D eigenvalue weighted by molar-refractivity contribution is -0.0568. The molecule has 10 heteroatoms. The van der Waals surface area contributed by atoms with Gasteiger partial charge in [-0.1, -0.05) is 6.92 Å². The molecule has 0 unspecified atom stereocenters. The molecule has 3 aromatic heterocycles. The number of carbonyl (C=O) groups is 1. The highest BCUT2D eigenvalue weighted by Gasteiger charge is 2.45. The van der Waals surface area contributed by atoms with E-state index < -0.39 is 0 Å². The van der Waals surface area contributed by atoms with Crippen LogP contribution in [0.2, 0.25) is 0 Å². The number of aryl methyl sites for hydroxylation is 1. The summed E-state index contributed by atoms with van der Waals surface area (Å²) in [6.07, 6.45) is 6.32. The fraction of sp³-hybridized carbons (Fsp3) is 0.417. The zero-order valence-electron chi connectivity index (χ0n) is 20.1. The molecule has 4 heterocycles. The molecular formula is C24H29B2N5O3. The normalized spacial score (nSPS) is 20.6. The minimum absolute atomic E-state index is 0.0209. The molecule has 2 atom stereocenters. The van der Waals surface area contributed by atoms with Gasteiger partial charge in [0.05, 0.1) is 17.2 Å². The van der Waals surface area contributed by atoms with Crippen LogP contribution >= 0.6 is 0 Å². The van der Waals surface area contributed by atoms with Crippen LogP contribution in [0.25, 0.3) is 11.0 Å². The Morgan fingerprint density at radius 2 is 2.06 bits per heavy atom. The van der Waals surface area contributed by atoms with Gasteiger partial charge in [-0.25, -0.2) is 4.98 Å². The van der Waals surface area contributed by atoms with Crippen molar-refractivity contribution in [1.82, 2.24) is 25.2 Å². The lowest BCUT2D eigenvalue weighted by Gasteiger charge is -2.54. The molecule has 2 aliphatic rings. The summed E-state index contributed by atoms with van der Waals surface area (Å²) in [5.41, 5.74) is 3.70. The quantitative estimate of drug-likeness (QED) is 0.496. The highest BCUT2D eigenvalue weighted by Crippen LogP contribution is 2.34. The maximum absolute atomic E-state index is 12.3. The van der Waals surface area contributed by atoms with Crippen molar-refractivity contribution < 1.29 is 9.53 Å². The summed E-state index contributed by atoms with van der Waals surface area (Å²) in [7, 11) is 4.33. The number of aromatic amines is 1. The first-order valence-electron chi connectivity index (χ1n) is 12.0. The Bertz CT molecular complexity index is 1290. The van der Waals surface area contributed by atoms with Crippen LogP contribution in [0.3, 0.4) is 0 Å². The van der Waals surface area contributed by atoms with E-state index in [1.807, 2.05) is 31.3 Å². The number of carbonyl (C=O) groups excluding carboxylic acids is 1. The molecule has 1 saturated carbocycles. The third kappa shape index (κ3) is 4.22. The van der Waals surface area contributed by atoms with E-state index in [0.717, 1.165) is 41.5 Å². The first-order chi connectivity index (χ1) is 16.3. The minimum Gasteiger partial charge on any atom is -0.486 e. The molecule has 1 aliphatic carbocycles. The lowest BCUT2D eigenvalue weighted by Crippen LogP contribution is -2.68. The van der Waals surface area contributed by atoms with E-state index in [1.165, 1.54) is 0 Å². The van der Waals surface area contributed by atoms with E-state index in [1.54, 1.807) is 12.3 Å². The van der Waals surface area contributed by atoms with Crippen LogP contribution < -0.4 is 15.6 Å². The maximum Gasteiger partial charge on any atom is 0.270 e. The molecule has 3 aromatic rings. The second-order valence-electron chi connectivity index (χ2n) is 9.87. The number of ether oxygens (including phenoxy) is 1. The summed E-state index contributed by atoms with van der Waals surface area (Å²) in [5, 5.41) is 2.66. The average molecular weight is 457 g/mol. The second-order valence-corrected chi connectivity index (χ2v) is 9.87. The van der Waals surface area contributed by atoms with Crippen molar-refractivity contribution in [1.29, 1.82) is 0 Å². The van der Waals surface area contributed by atoms with Crippen LogP contribution in [0.15, 0.2) is 41.5 Å². The molecule has 0 bridgehead atoms. The van der Waals surface area contributed by atoms with Gasteiger partial charge < -0.3 is 15.0 Å². The first-order valence-corrected chi connectivity index (χ1v) is 12.0. The molecule has 1 amide bonds. The van der Waals surface area contributed by atoms with Crippen molar-refractivity contribution in [3.8, 4) is 5.75 Å². The monoisotopic (exact) mass is 457 g/mol. The fourth-order valence-corrected chi connectivity index (χ4v) is 4.58. The zero-order valence-corrected chi connectivity index (χ0v) is 20.1. The van der Waals surface area contributed by atoms with Crippen LogP contribution in [0, 0.1) is 0 Å². The Hall–Kier alpha value is -3.13. The highest BCUT2D eigenvalue weighted by atomic mass is 16.5. The van der Waals surface area contributed by atoms with Crippen LogP contribution in [0.5, 0.6) is 5.75 Å². The van der Waals surface area contributed by atoms with Gasteiger partial charge in [-0.3, -0.25) is 19.5 Å². The fourth-order valence-electron chi connectivity index (χ4n) is 4.58. The van der Waals surface area contributed by atoms with Gasteiger partial charge in [0.2, 0.25) is 0 Å². The molecular weight excluding hydrogens is 428 g/mol. The van der Waals surface area contributed by atoms with E-state index in [9.17, 15) is 9.59 Å². The topological polar surface area (TPSA) is 100 Å². The molecule has 2 fully saturated rings. The molecule has 2 N–H and O–H groups in total. The molecule has 5 rings (SSSR count). The van der Waals surface area contributed by atoms with Gasteiger partial charge in [-0.15, -0.1) is 0 Å². The van der Waals surface area contributed by atoms with Gasteiger partial charge in [0.1, 0.15) is 33.2 Å². The molecule has 8 nitrogen and oxygen atoms in total. The Kier molecular flexibility index (Phi) is 5.72. The van der Waals surface area contributed by atoms with Gasteiger partial charge in [-0.05, 0) is 61.4 Å². The van der Waals surface area contributed by atoms with Crippen LogP contribution in [0.1, 0.15) is 48.3 Å². The molecule has 0 aromatic carbocycles. The van der Waals surface area contributed by atoms with Crippen molar-refractivity contribution in [3.63, 3.8) is 0 Å². The van der Waals surface area contributed by atoms with Crippen molar-refractivity contribution in [2.45, 2.75) is 56.6 Å². The second kappa shape index (κ2) is 8.58. The Balaban J connectivity index is 1.25. The number of pyridine rings is 3. The van der Waals surface area contributed by atoms with E-state index >= 15 is 0 Å². The number of H-pyrrole nitrogens is 1. The van der Waals surface area contributed by atoms with E-state index in [2.05, 4.69) is 47.8 Å².